The van der Waals surface area contributed by atoms with Gasteiger partial charge in [-0.1, -0.05) is 35.5 Å². The van der Waals surface area contributed by atoms with Gasteiger partial charge in [0.15, 0.2) is 11.2 Å². The molecule has 1 N–H and O–H groups in total. The van der Waals surface area contributed by atoms with Gasteiger partial charge in [-0.25, -0.2) is 9.67 Å². The Morgan fingerprint density at radius 3 is 2.78 bits per heavy atom. The molecule has 0 aliphatic rings. The van der Waals surface area contributed by atoms with E-state index in [1.807, 2.05) is 37.3 Å². The molecule has 6 nitrogen and oxygen atoms in total. The second-order valence-corrected chi connectivity index (χ2v) is 3.86. The quantitative estimate of drug-likeness (QED) is 0.731. The largest absolute Gasteiger partial charge is 0.304 e. The zero-order chi connectivity index (χ0) is 12.5. The molecule has 90 valence electrons. The van der Waals surface area contributed by atoms with Gasteiger partial charge in [0.2, 0.25) is 0 Å². The Morgan fingerprint density at radius 2 is 2.06 bits per heavy atom. The molecule has 18 heavy (non-hydrogen) atoms. The van der Waals surface area contributed by atoms with Crippen molar-refractivity contribution in [3.05, 3.63) is 40.7 Å². The van der Waals surface area contributed by atoms with Crippen LogP contribution >= 0.6 is 0 Å². The number of benzene rings is 1. The van der Waals surface area contributed by atoms with E-state index in [2.05, 4.69) is 20.3 Å². The second-order valence-electron chi connectivity index (χ2n) is 3.86. The van der Waals surface area contributed by atoms with Crippen molar-refractivity contribution < 1.29 is 0 Å². The molecule has 0 spiro atoms. The molecule has 2 aromatic heterocycles. The van der Waals surface area contributed by atoms with Gasteiger partial charge in [-0.05, 0) is 6.92 Å². The van der Waals surface area contributed by atoms with E-state index in [1.54, 1.807) is 4.68 Å². The zero-order valence-electron chi connectivity index (χ0n) is 9.79. The minimum Gasteiger partial charge on any atom is -0.304 e. The van der Waals surface area contributed by atoms with E-state index in [-0.39, 0.29) is 11.1 Å². The number of H-pyrrole nitrogens is 1. The average Bonchev–Trinajstić information content (AvgIpc) is 2.83. The molecule has 0 aliphatic carbocycles. The van der Waals surface area contributed by atoms with Crippen LogP contribution in [-0.4, -0.2) is 25.0 Å². The Balaban J connectivity index is 2.29. The Morgan fingerprint density at radius 1 is 1.28 bits per heavy atom. The van der Waals surface area contributed by atoms with Crippen molar-refractivity contribution in [2.24, 2.45) is 0 Å². The Kier molecular flexibility index (Phi) is 2.40. The van der Waals surface area contributed by atoms with Crippen LogP contribution in [0.4, 0.5) is 0 Å². The first-order valence-electron chi connectivity index (χ1n) is 5.68. The molecule has 0 atom stereocenters. The van der Waals surface area contributed by atoms with Crippen LogP contribution in [0, 0.1) is 0 Å². The summed E-state index contributed by atoms with van der Waals surface area (Å²) in [5.41, 5.74) is 1.38. The second kappa shape index (κ2) is 4.06. The first kappa shape index (κ1) is 10.6. The Bertz CT molecular complexity index is 744. The highest BCUT2D eigenvalue weighted by Crippen LogP contribution is 2.14. The predicted octanol–water partition coefficient (Wildman–Crippen LogP) is 1.20. The molecule has 1 aromatic carbocycles. The minimum absolute atomic E-state index is 0.265. The van der Waals surface area contributed by atoms with Crippen molar-refractivity contribution in [1.82, 2.24) is 25.0 Å². The fourth-order valence-electron chi connectivity index (χ4n) is 1.81. The van der Waals surface area contributed by atoms with Crippen LogP contribution in [0.2, 0.25) is 0 Å². The molecule has 0 amide bonds. The van der Waals surface area contributed by atoms with Crippen LogP contribution in [0.25, 0.3) is 22.6 Å². The van der Waals surface area contributed by atoms with Crippen molar-refractivity contribution in [3.8, 4) is 11.4 Å². The van der Waals surface area contributed by atoms with Crippen LogP contribution < -0.4 is 5.56 Å². The van der Waals surface area contributed by atoms with Gasteiger partial charge in [-0.15, -0.1) is 5.10 Å². The first-order chi connectivity index (χ1) is 8.79. The molecule has 0 bridgehead atoms. The lowest BCUT2D eigenvalue weighted by molar-refractivity contribution is 0.641. The topological polar surface area (TPSA) is 76.5 Å². The first-order valence-corrected chi connectivity index (χ1v) is 5.68. The van der Waals surface area contributed by atoms with Gasteiger partial charge in [0, 0.05) is 12.1 Å². The van der Waals surface area contributed by atoms with Crippen molar-refractivity contribution in [2.45, 2.75) is 13.5 Å². The van der Waals surface area contributed by atoms with E-state index < -0.39 is 0 Å². The van der Waals surface area contributed by atoms with Crippen molar-refractivity contribution in [3.63, 3.8) is 0 Å². The van der Waals surface area contributed by atoms with Gasteiger partial charge in [-0.2, -0.15) is 0 Å². The molecular formula is C12H11N5O. The summed E-state index contributed by atoms with van der Waals surface area (Å²) in [7, 11) is 0. The van der Waals surface area contributed by atoms with Crippen LogP contribution in [0.1, 0.15) is 6.92 Å². The number of fused-ring (bicyclic) bond motifs is 1. The van der Waals surface area contributed by atoms with Crippen LogP contribution in [0.5, 0.6) is 0 Å². The maximum atomic E-state index is 11.9. The van der Waals surface area contributed by atoms with Gasteiger partial charge in [-0.3, -0.25) is 4.79 Å². The highest BCUT2D eigenvalue weighted by atomic mass is 16.1. The van der Waals surface area contributed by atoms with E-state index in [0.29, 0.717) is 18.0 Å². The molecule has 0 radical (unpaired) electrons. The van der Waals surface area contributed by atoms with Gasteiger partial charge >= 0.3 is 0 Å². The molecular weight excluding hydrogens is 230 g/mol. The molecule has 6 heteroatoms. The monoisotopic (exact) mass is 241 g/mol. The number of hydrogen-bond donors (Lipinski definition) is 1. The minimum atomic E-state index is -0.265. The van der Waals surface area contributed by atoms with E-state index in [0.717, 1.165) is 5.56 Å². The van der Waals surface area contributed by atoms with E-state index in [9.17, 15) is 4.79 Å². The number of aryl methyl sites for hydroxylation is 1. The standard InChI is InChI=1S/C12H11N5O/c1-2-17-11-9(15-16-17)12(18)14-10(13-11)8-6-4-3-5-7-8/h3-7H,2H2,1H3,(H,13,14,18). The van der Waals surface area contributed by atoms with Crippen LogP contribution in [0.15, 0.2) is 35.1 Å². The third kappa shape index (κ3) is 1.58. The summed E-state index contributed by atoms with van der Waals surface area (Å²) in [4.78, 5) is 19.0. The smallest absolute Gasteiger partial charge is 0.281 e. The lowest BCUT2D eigenvalue weighted by Crippen LogP contribution is -2.10. The summed E-state index contributed by atoms with van der Waals surface area (Å²) in [6.07, 6.45) is 0. The van der Waals surface area contributed by atoms with E-state index in [1.165, 1.54) is 0 Å². The van der Waals surface area contributed by atoms with Gasteiger partial charge in [0.05, 0.1) is 0 Å². The number of aromatic amines is 1. The van der Waals surface area contributed by atoms with Crippen molar-refractivity contribution in [1.29, 1.82) is 0 Å². The van der Waals surface area contributed by atoms with Gasteiger partial charge in [0.25, 0.3) is 5.56 Å². The van der Waals surface area contributed by atoms with Crippen LogP contribution in [0.3, 0.4) is 0 Å². The molecule has 3 aromatic rings. The molecule has 2 heterocycles. The maximum Gasteiger partial charge on any atom is 0.281 e. The summed E-state index contributed by atoms with van der Waals surface area (Å²) in [6, 6.07) is 9.50. The summed E-state index contributed by atoms with van der Waals surface area (Å²) < 4.78 is 1.61. The SMILES string of the molecule is CCn1nnc2c(=O)[nH]c(-c3ccccc3)nc21. The molecule has 0 saturated carbocycles. The fourth-order valence-corrected chi connectivity index (χ4v) is 1.81. The number of rotatable bonds is 2. The van der Waals surface area contributed by atoms with E-state index in [4.69, 9.17) is 0 Å². The lowest BCUT2D eigenvalue weighted by atomic mass is 10.2. The van der Waals surface area contributed by atoms with Crippen molar-refractivity contribution >= 4 is 11.2 Å². The molecule has 0 saturated heterocycles. The number of hydrogen-bond acceptors (Lipinski definition) is 4. The summed E-state index contributed by atoms with van der Waals surface area (Å²) >= 11 is 0. The molecule has 0 fully saturated rings. The highest BCUT2D eigenvalue weighted by molar-refractivity contribution is 5.71. The summed E-state index contributed by atoms with van der Waals surface area (Å²) in [6.45, 7) is 2.56. The zero-order valence-corrected chi connectivity index (χ0v) is 9.79. The summed E-state index contributed by atoms with van der Waals surface area (Å²) in [5.74, 6) is 0.533. The van der Waals surface area contributed by atoms with Crippen LogP contribution in [-0.2, 0) is 6.54 Å². The normalized spacial score (nSPS) is 10.9. The third-order valence-electron chi connectivity index (χ3n) is 2.72. The van der Waals surface area contributed by atoms with Gasteiger partial charge in [0.1, 0.15) is 5.82 Å². The summed E-state index contributed by atoms with van der Waals surface area (Å²) in [5, 5.41) is 7.72. The highest BCUT2D eigenvalue weighted by Gasteiger charge is 2.11. The Hall–Kier alpha value is -2.50. The number of nitrogens with one attached hydrogen (secondary N) is 1. The maximum absolute atomic E-state index is 11.9. The predicted molar refractivity (Wildman–Crippen MR) is 67.1 cm³/mol. The number of nitrogens with zero attached hydrogens (tertiary/aromatic N) is 4. The van der Waals surface area contributed by atoms with Gasteiger partial charge < -0.3 is 4.98 Å². The Labute approximate surface area is 102 Å². The fraction of sp³-hybridized carbons (Fsp3) is 0.167. The van der Waals surface area contributed by atoms with Crippen molar-refractivity contribution in [2.75, 3.05) is 0 Å². The average molecular weight is 241 g/mol. The molecule has 0 unspecified atom stereocenters. The third-order valence-corrected chi connectivity index (χ3v) is 2.72. The lowest BCUT2D eigenvalue weighted by Gasteiger charge is -2.01. The van der Waals surface area contributed by atoms with E-state index >= 15 is 0 Å². The number of aromatic nitrogens is 5. The molecule has 3 rings (SSSR count). The molecule has 0 aliphatic heterocycles.